The van der Waals surface area contributed by atoms with Gasteiger partial charge < -0.3 is 14.6 Å². The van der Waals surface area contributed by atoms with Gasteiger partial charge in [0.25, 0.3) is 0 Å². The lowest BCUT2D eigenvalue weighted by atomic mass is 10.1. The van der Waals surface area contributed by atoms with E-state index in [4.69, 9.17) is 9.26 Å². The molecule has 2 N–H and O–H groups in total. The predicted molar refractivity (Wildman–Crippen MR) is 71.9 cm³/mol. The molecule has 0 saturated heterocycles. The third kappa shape index (κ3) is 4.33. The molecule has 2 atom stereocenters. The Bertz CT molecular complexity index is 398. The SMILES string of the molecule is COCCNC(=O)C(C)NC(C)c1c(C)noc1C. The van der Waals surface area contributed by atoms with Gasteiger partial charge >= 0.3 is 0 Å². The van der Waals surface area contributed by atoms with Crippen LogP contribution < -0.4 is 10.6 Å². The topological polar surface area (TPSA) is 76.4 Å². The highest BCUT2D eigenvalue weighted by molar-refractivity contribution is 5.81. The second-order valence-electron chi connectivity index (χ2n) is 4.63. The Morgan fingerprint density at radius 1 is 1.42 bits per heavy atom. The molecule has 0 saturated carbocycles. The van der Waals surface area contributed by atoms with Gasteiger partial charge in [-0.15, -0.1) is 0 Å². The van der Waals surface area contributed by atoms with E-state index in [1.807, 2.05) is 27.7 Å². The summed E-state index contributed by atoms with van der Waals surface area (Å²) in [6, 6.07) is -0.282. The second-order valence-corrected chi connectivity index (χ2v) is 4.63. The van der Waals surface area contributed by atoms with Gasteiger partial charge in [0.2, 0.25) is 5.91 Å². The third-order valence-corrected chi connectivity index (χ3v) is 3.02. The number of rotatable bonds is 7. The van der Waals surface area contributed by atoms with Crippen LogP contribution in [-0.2, 0) is 9.53 Å². The fraction of sp³-hybridized carbons (Fsp3) is 0.692. The van der Waals surface area contributed by atoms with Crippen molar-refractivity contribution in [2.45, 2.75) is 39.8 Å². The summed E-state index contributed by atoms with van der Waals surface area (Å²) < 4.78 is 10.0. The minimum Gasteiger partial charge on any atom is -0.383 e. The molecule has 1 heterocycles. The predicted octanol–water partition coefficient (Wildman–Crippen LogP) is 1.09. The van der Waals surface area contributed by atoms with Crippen molar-refractivity contribution in [1.29, 1.82) is 0 Å². The highest BCUT2D eigenvalue weighted by Crippen LogP contribution is 2.21. The van der Waals surface area contributed by atoms with Gasteiger partial charge in [0.15, 0.2) is 0 Å². The van der Waals surface area contributed by atoms with E-state index >= 15 is 0 Å². The molecule has 1 aromatic rings. The van der Waals surface area contributed by atoms with Crippen LogP contribution in [0.25, 0.3) is 0 Å². The van der Waals surface area contributed by atoms with E-state index < -0.39 is 0 Å². The number of hydrogen-bond acceptors (Lipinski definition) is 5. The Labute approximate surface area is 113 Å². The van der Waals surface area contributed by atoms with Gasteiger partial charge in [-0.2, -0.15) is 0 Å². The van der Waals surface area contributed by atoms with Crippen LogP contribution in [0.1, 0.15) is 36.9 Å². The first-order valence-corrected chi connectivity index (χ1v) is 6.42. The molecule has 2 unspecified atom stereocenters. The average Bonchev–Trinajstić information content (AvgIpc) is 2.69. The minimum atomic E-state index is -0.291. The summed E-state index contributed by atoms with van der Waals surface area (Å²) in [4.78, 5) is 11.8. The molecule has 0 spiro atoms. The summed E-state index contributed by atoms with van der Waals surface area (Å²) in [7, 11) is 1.60. The van der Waals surface area contributed by atoms with Gasteiger partial charge in [-0.3, -0.25) is 10.1 Å². The first-order valence-electron chi connectivity index (χ1n) is 6.42. The summed E-state index contributed by atoms with van der Waals surface area (Å²) in [6.07, 6.45) is 0. The summed E-state index contributed by atoms with van der Waals surface area (Å²) in [6.45, 7) is 8.62. The van der Waals surface area contributed by atoms with Gasteiger partial charge in [-0.1, -0.05) is 5.16 Å². The Balaban J connectivity index is 2.52. The Morgan fingerprint density at radius 3 is 2.63 bits per heavy atom. The molecule has 6 heteroatoms. The van der Waals surface area contributed by atoms with E-state index in [0.29, 0.717) is 13.2 Å². The first kappa shape index (κ1) is 15.7. The van der Waals surface area contributed by atoms with Crippen molar-refractivity contribution in [3.05, 3.63) is 17.0 Å². The largest absolute Gasteiger partial charge is 0.383 e. The molecule has 0 bridgehead atoms. The molecule has 108 valence electrons. The maximum absolute atomic E-state index is 11.8. The number of nitrogens with zero attached hydrogens (tertiary/aromatic N) is 1. The molecule has 1 rings (SSSR count). The molecule has 0 radical (unpaired) electrons. The van der Waals surface area contributed by atoms with Crippen molar-refractivity contribution in [3.8, 4) is 0 Å². The van der Waals surface area contributed by atoms with E-state index in [2.05, 4.69) is 15.8 Å². The van der Waals surface area contributed by atoms with Crippen molar-refractivity contribution in [2.75, 3.05) is 20.3 Å². The van der Waals surface area contributed by atoms with Gasteiger partial charge in [0, 0.05) is 25.3 Å². The molecule has 1 amide bonds. The lowest BCUT2D eigenvalue weighted by Crippen LogP contribution is -2.44. The van der Waals surface area contributed by atoms with Gasteiger partial charge in [-0.25, -0.2) is 0 Å². The average molecular weight is 269 g/mol. The van der Waals surface area contributed by atoms with Crippen LogP contribution in [0.3, 0.4) is 0 Å². The smallest absolute Gasteiger partial charge is 0.236 e. The van der Waals surface area contributed by atoms with Crippen LogP contribution in [0.5, 0.6) is 0 Å². The molecule has 0 aliphatic heterocycles. The van der Waals surface area contributed by atoms with Crippen LogP contribution >= 0.6 is 0 Å². The number of aromatic nitrogens is 1. The van der Waals surface area contributed by atoms with Crippen LogP contribution in [0.15, 0.2) is 4.52 Å². The third-order valence-electron chi connectivity index (χ3n) is 3.02. The molecular weight excluding hydrogens is 246 g/mol. The van der Waals surface area contributed by atoms with Gasteiger partial charge in [0.1, 0.15) is 5.76 Å². The second kappa shape index (κ2) is 7.25. The van der Waals surface area contributed by atoms with Crippen LogP contribution in [0, 0.1) is 13.8 Å². The standard InChI is InChI=1S/C13H23N3O3/c1-8(12-9(2)16-19-11(12)4)15-10(3)13(17)14-6-7-18-5/h8,10,15H,6-7H2,1-5H3,(H,14,17). The zero-order valence-corrected chi connectivity index (χ0v) is 12.2. The van der Waals surface area contributed by atoms with Crippen molar-refractivity contribution in [2.24, 2.45) is 0 Å². The van der Waals surface area contributed by atoms with Crippen LogP contribution in [0.2, 0.25) is 0 Å². The molecule has 0 aliphatic rings. The summed E-state index contributed by atoms with van der Waals surface area (Å²) in [5, 5.41) is 9.95. The molecule has 19 heavy (non-hydrogen) atoms. The zero-order chi connectivity index (χ0) is 14.4. The number of aryl methyl sites for hydroxylation is 2. The van der Waals surface area contributed by atoms with Crippen LogP contribution in [-0.4, -0.2) is 37.4 Å². The van der Waals surface area contributed by atoms with Gasteiger partial charge in [-0.05, 0) is 27.7 Å². The summed E-state index contributed by atoms with van der Waals surface area (Å²) in [5.41, 5.74) is 1.86. The fourth-order valence-corrected chi connectivity index (χ4v) is 2.07. The van der Waals surface area contributed by atoms with Crippen molar-refractivity contribution in [1.82, 2.24) is 15.8 Å². The van der Waals surface area contributed by atoms with Crippen LogP contribution in [0.4, 0.5) is 0 Å². The molecule has 0 aliphatic carbocycles. The van der Waals surface area contributed by atoms with Crippen molar-refractivity contribution >= 4 is 5.91 Å². The summed E-state index contributed by atoms with van der Waals surface area (Å²) >= 11 is 0. The fourth-order valence-electron chi connectivity index (χ4n) is 2.07. The number of amides is 1. The van der Waals surface area contributed by atoms with Crippen molar-refractivity contribution in [3.63, 3.8) is 0 Å². The highest BCUT2D eigenvalue weighted by Gasteiger charge is 2.20. The number of hydrogen-bond donors (Lipinski definition) is 2. The minimum absolute atomic E-state index is 0.00873. The Kier molecular flexibility index (Phi) is 5.98. The maximum atomic E-state index is 11.8. The Hall–Kier alpha value is -1.40. The number of carbonyl (C=O) groups is 1. The van der Waals surface area contributed by atoms with E-state index in [1.165, 1.54) is 0 Å². The van der Waals surface area contributed by atoms with E-state index in [0.717, 1.165) is 17.0 Å². The highest BCUT2D eigenvalue weighted by atomic mass is 16.5. The normalized spacial score (nSPS) is 14.2. The monoisotopic (exact) mass is 269 g/mol. The first-order chi connectivity index (χ1) is 8.97. The number of nitrogens with one attached hydrogen (secondary N) is 2. The van der Waals surface area contributed by atoms with Gasteiger partial charge in [0.05, 0.1) is 18.3 Å². The number of carbonyl (C=O) groups excluding carboxylic acids is 1. The molecular formula is C13H23N3O3. The number of methoxy groups -OCH3 is 1. The van der Waals surface area contributed by atoms with E-state index in [-0.39, 0.29) is 18.0 Å². The Morgan fingerprint density at radius 2 is 2.11 bits per heavy atom. The quantitative estimate of drug-likeness (QED) is 0.725. The zero-order valence-electron chi connectivity index (χ0n) is 12.2. The van der Waals surface area contributed by atoms with E-state index in [1.54, 1.807) is 7.11 Å². The molecule has 1 aromatic heterocycles. The lowest BCUT2D eigenvalue weighted by molar-refractivity contribution is -0.123. The molecule has 0 aromatic carbocycles. The number of ether oxygens (including phenoxy) is 1. The maximum Gasteiger partial charge on any atom is 0.236 e. The van der Waals surface area contributed by atoms with E-state index in [9.17, 15) is 4.79 Å². The lowest BCUT2D eigenvalue weighted by Gasteiger charge is -2.19. The molecule has 6 nitrogen and oxygen atoms in total. The summed E-state index contributed by atoms with van der Waals surface area (Å²) in [5.74, 6) is 0.736. The van der Waals surface area contributed by atoms with Crippen molar-refractivity contribution < 1.29 is 14.1 Å². The molecule has 0 fully saturated rings.